The number of hydrogen-bond acceptors (Lipinski definition) is 4. The molecule has 0 fully saturated rings. The maximum atomic E-state index is 12.1. The first kappa shape index (κ1) is 14.5. The molecule has 5 heteroatoms. The van der Waals surface area contributed by atoms with E-state index < -0.39 is 0 Å². The van der Waals surface area contributed by atoms with Gasteiger partial charge < -0.3 is 4.74 Å². The average molecular weight is 298 g/mol. The van der Waals surface area contributed by atoms with Gasteiger partial charge in [-0.05, 0) is 30.9 Å². The number of hydrogen-bond donors (Lipinski definition) is 0. The van der Waals surface area contributed by atoms with Gasteiger partial charge in [0.05, 0.1) is 25.3 Å². The third-order valence-electron chi connectivity index (χ3n) is 3.85. The standard InChI is InChI=1S/C17H18N2O3/c1-2-22-16(21)9-10-19-15(20)11-13-8-7-12-5-3-4-6-14(12)17(13)18-19/h3-6,11H,2,7-10H2,1H3. The van der Waals surface area contributed by atoms with E-state index in [0.29, 0.717) is 6.61 Å². The molecule has 3 rings (SSSR count). The van der Waals surface area contributed by atoms with Gasteiger partial charge in [0, 0.05) is 11.6 Å². The molecule has 0 spiro atoms. The van der Waals surface area contributed by atoms with Crippen molar-refractivity contribution >= 4 is 5.97 Å². The molecular weight excluding hydrogens is 280 g/mol. The van der Waals surface area contributed by atoms with Gasteiger partial charge in [0.2, 0.25) is 0 Å². The Morgan fingerprint density at radius 3 is 2.86 bits per heavy atom. The fraction of sp³-hybridized carbons (Fsp3) is 0.353. The number of ether oxygens (including phenoxy) is 1. The van der Waals surface area contributed by atoms with E-state index in [1.54, 1.807) is 13.0 Å². The van der Waals surface area contributed by atoms with Gasteiger partial charge >= 0.3 is 5.97 Å². The Balaban J connectivity index is 1.92. The summed E-state index contributed by atoms with van der Waals surface area (Å²) in [5.74, 6) is -0.311. The van der Waals surface area contributed by atoms with Gasteiger partial charge in [-0.15, -0.1) is 0 Å². The zero-order valence-corrected chi connectivity index (χ0v) is 12.5. The van der Waals surface area contributed by atoms with Gasteiger partial charge in [-0.1, -0.05) is 24.3 Å². The number of aromatic nitrogens is 2. The van der Waals surface area contributed by atoms with Crippen molar-refractivity contribution < 1.29 is 9.53 Å². The van der Waals surface area contributed by atoms with Gasteiger partial charge in [-0.25, -0.2) is 4.68 Å². The minimum atomic E-state index is -0.311. The molecule has 1 aliphatic rings. The summed E-state index contributed by atoms with van der Waals surface area (Å²) in [5, 5.41) is 4.48. The van der Waals surface area contributed by atoms with Crippen LogP contribution in [0.3, 0.4) is 0 Å². The van der Waals surface area contributed by atoms with Crippen LogP contribution in [0.5, 0.6) is 0 Å². The second-order valence-electron chi connectivity index (χ2n) is 5.29. The van der Waals surface area contributed by atoms with Crippen LogP contribution in [-0.2, 0) is 28.9 Å². The zero-order valence-electron chi connectivity index (χ0n) is 12.5. The van der Waals surface area contributed by atoms with E-state index in [9.17, 15) is 9.59 Å². The van der Waals surface area contributed by atoms with Crippen LogP contribution in [0.1, 0.15) is 24.5 Å². The summed E-state index contributed by atoms with van der Waals surface area (Å²) in [7, 11) is 0. The van der Waals surface area contributed by atoms with Gasteiger partial charge in [0.1, 0.15) is 0 Å². The summed E-state index contributed by atoms with van der Waals surface area (Å²) in [6.07, 6.45) is 1.91. The van der Waals surface area contributed by atoms with E-state index in [-0.39, 0.29) is 24.5 Å². The van der Waals surface area contributed by atoms with Crippen LogP contribution >= 0.6 is 0 Å². The van der Waals surface area contributed by atoms with Crippen LogP contribution in [0.2, 0.25) is 0 Å². The molecule has 22 heavy (non-hydrogen) atoms. The molecule has 0 amide bonds. The average Bonchev–Trinajstić information content (AvgIpc) is 2.53. The first-order chi connectivity index (χ1) is 10.7. The molecule has 0 saturated carbocycles. The Morgan fingerprint density at radius 1 is 1.27 bits per heavy atom. The lowest BCUT2D eigenvalue weighted by atomic mass is 9.90. The first-order valence-electron chi connectivity index (χ1n) is 7.54. The third-order valence-corrected chi connectivity index (χ3v) is 3.85. The SMILES string of the molecule is CCOC(=O)CCn1nc2c(cc1=O)CCc1ccccc1-2. The highest BCUT2D eigenvalue weighted by molar-refractivity contribution is 5.70. The van der Waals surface area contributed by atoms with Gasteiger partial charge in [0.25, 0.3) is 5.56 Å². The van der Waals surface area contributed by atoms with Crippen molar-refractivity contribution in [3.05, 3.63) is 51.8 Å². The first-order valence-corrected chi connectivity index (χ1v) is 7.54. The monoisotopic (exact) mass is 298 g/mol. The van der Waals surface area contributed by atoms with E-state index in [1.165, 1.54) is 10.2 Å². The second-order valence-corrected chi connectivity index (χ2v) is 5.29. The largest absolute Gasteiger partial charge is 0.466 e. The summed E-state index contributed by atoms with van der Waals surface area (Å²) >= 11 is 0. The summed E-state index contributed by atoms with van der Waals surface area (Å²) in [6.45, 7) is 2.35. The zero-order chi connectivity index (χ0) is 15.5. The van der Waals surface area contributed by atoms with Crippen molar-refractivity contribution in [1.82, 2.24) is 9.78 Å². The minimum Gasteiger partial charge on any atom is -0.466 e. The Bertz CT molecular complexity index is 765. The molecule has 5 nitrogen and oxygen atoms in total. The molecule has 0 N–H and O–H groups in total. The highest BCUT2D eigenvalue weighted by atomic mass is 16.5. The lowest BCUT2D eigenvalue weighted by molar-refractivity contribution is -0.143. The van der Waals surface area contributed by atoms with Crippen LogP contribution in [0.25, 0.3) is 11.3 Å². The van der Waals surface area contributed by atoms with Crippen molar-refractivity contribution in [2.24, 2.45) is 0 Å². The molecule has 0 atom stereocenters. The van der Waals surface area contributed by atoms with Crippen molar-refractivity contribution in [1.29, 1.82) is 0 Å². The molecule has 1 heterocycles. The normalized spacial score (nSPS) is 12.4. The molecule has 0 saturated heterocycles. The predicted molar refractivity (Wildman–Crippen MR) is 82.6 cm³/mol. The minimum absolute atomic E-state index is 0.154. The number of fused-ring (bicyclic) bond motifs is 3. The fourth-order valence-corrected chi connectivity index (χ4v) is 2.77. The van der Waals surface area contributed by atoms with Gasteiger partial charge in [-0.2, -0.15) is 5.10 Å². The number of carbonyl (C=O) groups excluding carboxylic acids is 1. The molecule has 1 aliphatic carbocycles. The van der Waals surface area contributed by atoms with E-state index in [4.69, 9.17) is 4.74 Å². The molecular formula is C17H18N2O3. The Labute approximate surface area is 128 Å². The maximum absolute atomic E-state index is 12.1. The number of esters is 1. The van der Waals surface area contributed by atoms with Crippen molar-refractivity contribution in [3.8, 4) is 11.3 Å². The summed E-state index contributed by atoms with van der Waals surface area (Å²) in [6, 6.07) is 9.75. The van der Waals surface area contributed by atoms with E-state index in [0.717, 1.165) is 29.7 Å². The molecule has 0 unspecified atom stereocenters. The molecule has 0 radical (unpaired) electrons. The smallest absolute Gasteiger partial charge is 0.307 e. The van der Waals surface area contributed by atoms with E-state index in [1.807, 2.05) is 18.2 Å². The van der Waals surface area contributed by atoms with E-state index in [2.05, 4.69) is 11.2 Å². The van der Waals surface area contributed by atoms with Crippen LogP contribution in [-0.4, -0.2) is 22.4 Å². The third kappa shape index (κ3) is 2.79. The lowest BCUT2D eigenvalue weighted by Crippen LogP contribution is -2.26. The van der Waals surface area contributed by atoms with Crippen molar-refractivity contribution in [2.75, 3.05) is 6.61 Å². The maximum Gasteiger partial charge on any atom is 0.307 e. The van der Waals surface area contributed by atoms with Gasteiger partial charge in [-0.3, -0.25) is 9.59 Å². The van der Waals surface area contributed by atoms with E-state index >= 15 is 0 Å². The summed E-state index contributed by atoms with van der Waals surface area (Å²) in [4.78, 5) is 23.6. The topological polar surface area (TPSA) is 61.2 Å². The Morgan fingerprint density at radius 2 is 2.05 bits per heavy atom. The fourth-order valence-electron chi connectivity index (χ4n) is 2.77. The highest BCUT2D eigenvalue weighted by Gasteiger charge is 2.19. The summed E-state index contributed by atoms with van der Waals surface area (Å²) < 4.78 is 6.25. The molecule has 0 aliphatic heterocycles. The highest BCUT2D eigenvalue weighted by Crippen LogP contribution is 2.30. The predicted octanol–water partition coefficient (Wildman–Crippen LogP) is 1.96. The van der Waals surface area contributed by atoms with Crippen LogP contribution in [0, 0.1) is 0 Å². The number of rotatable bonds is 4. The van der Waals surface area contributed by atoms with Crippen molar-refractivity contribution in [2.45, 2.75) is 32.7 Å². The van der Waals surface area contributed by atoms with Gasteiger partial charge in [0.15, 0.2) is 0 Å². The lowest BCUT2D eigenvalue weighted by Gasteiger charge is -2.19. The van der Waals surface area contributed by atoms with Crippen molar-refractivity contribution in [3.63, 3.8) is 0 Å². The molecule has 2 aromatic rings. The Kier molecular flexibility index (Phi) is 4.04. The Hall–Kier alpha value is -2.43. The molecule has 1 aromatic heterocycles. The molecule has 1 aromatic carbocycles. The number of nitrogens with zero attached hydrogens (tertiary/aromatic N) is 2. The quantitative estimate of drug-likeness (QED) is 0.810. The van der Waals surface area contributed by atoms with Crippen LogP contribution in [0.4, 0.5) is 0 Å². The summed E-state index contributed by atoms with van der Waals surface area (Å²) in [5.41, 5.74) is 4.00. The number of aryl methyl sites for hydroxylation is 3. The number of benzene rings is 1. The second kappa shape index (κ2) is 6.13. The van der Waals surface area contributed by atoms with Crippen LogP contribution < -0.4 is 5.56 Å². The molecule has 114 valence electrons. The molecule has 0 bridgehead atoms. The van der Waals surface area contributed by atoms with Crippen LogP contribution in [0.15, 0.2) is 35.1 Å². The number of carbonyl (C=O) groups is 1.